The van der Waals surface area contributed by atoms with Gasteiger partial charge in [-0.25, -0.2) is 0 Å². The van der Waals surface area contributed by atoms with Crippen molar-refractivity contribution in [1.82, 2.24) is 10.3 Å². The van der Waals surface area contributed by atoms with Gasteiger partial charge in [-0.15, -0.1) is 0 Å². The van der Waals surface area contributed by atoms with Crippen molar-refractivity contribution in [2.24, 2.45) is 0 Å². The average molecular weight is 366 g/mol. The molecule has 5 heteroatoms. The van der Waals surface area contributed by atoms with E-state index in [2.05, 4.69) is 34.6 Å². The molecule has 4 rings (SSSR count). The molecule has 2 heterocycles. The van der Waals surface area contributed by atoms with E-state index in [0.717, 1.165) is 45.8 Å². The highest BCUT2D eigenvalue weighted by molar-refractivity contribution is 7.99. The standard InChI is InChI=1S/C21H22N2O2S/c24-20(22-14-15-7-6-12-25-15)13-18-17-10-4-5-11-19(17)23-21(18)26-16-8-2-1-3-9-16/h1-5,8-11,15,23H,6-7,12-14H2,(H,22,24). The van der Waals surface area contributed by atoms with Gasteiger partial charge in [0.1, 0.15) is 0 Å². The maximum absolute atomic E-state index is 12.5. The summed E-state index contributed by atoms with van der Waals surface area (Å²) in [6, 6.07) is 18.4. The number of benzene rings is 2. The summed E-state index contributed by atoms with van der Waals surface area (Å²) in [7, 11) is 0. The van der Waals surface area contributed by atoms with E-state index in [-0.39, 0.29) is 12.0 Å². The molecule has 3 aromatic rings. The number of aromatic amines is 1. The van der Waals surface area contributed by atoms with Crippen LogP contribution in [-0.4, -0.2) is 30.1 Å². The molecule has 0 radical (unpaired) electrons. The van der Waals surface area contributed by atoms with E-state index < -0.39 is 0 Å². The van der Waals surface area contributed by atoms with E-state index in [1.54, 1.807) is 11.8 Å². The zero-order valence-corrected chi connectivity index (χ0v) is 15.4. The third-order valence-corrected chi connectivity index (χ3v) is 5.69. The SMILES string of the molecule is O=C(Cc1c(Sc2ccccc2)[nH]c2ccccc12)NCC1CCCO1. The van der Waals surface area contributed by atoms with Crippen LogP contribution in [0, 0.1) is 0 Å². The Hall–Kier alpha value is -2.24. The van der Waals surface area contributed by atoms with Gasteiger partial charge < -0.3 is 15.0 Å². The molecular formula is C21H22N2O2S. The molecule has 2 N–H and O–H groups in total. The molecule has 134 valence electrons. The number of H-pyrrole nitrogens is 1. The molecule has 1 aliphatic rings. The molecule has 1 atom stereocenters. The predicted octanol–water partition coefficient (Wildman–Crippen LogP) is 4.16. The highest BCUT2D eigenvalue weighted by Crippen LogP contribution is 2.34. The number of nitrogens with one attached hydrogen (secondary N) is 2. The minimum Gasteiger partial charge on any atom is -0.376 e. The average Bonchev–Trinajstić information content (AvgIpc) is 3.30. The number of amides is 1. The number of para-hydroxylation sites is 1. The highest BCUT2D eigenvalue weighted by atomic mass is 32.2. The Labute approximate surface area is 157 Å². The molecule has 1 amide bonds. The fraction of sp³-hybridized carbons (Fsp3) is 0.286. The maximum Gasteiger partial charge on any atom is 0.224 e. The summed E-state index contributed by atoms with van der Waals surface area (Å²) in [6.07, 6.45) is 2.65. The third kappa shape index (κ3) is 3.94. The number of carbonyl (C=O) groups is 1. The van der Waals surface area contributed by atoms with E-state index in [0.29, 0.717) is 13.0 Å². The van der Waals surface area contributed by atoms with Crippen molar-refractivity contribution in [2.75, 3.05) is 13.2 Å². The second kappa shape index (κ2) is 7.98. The summed E-state index contributed by atoms with van der Waals surface area (Å²) in [4.78, 5) is 17.2. The van der Waals surface area contributed by atoms with Gasteiger partial charge in [-0.3, -0.25) is 4.79 Å². The number of rotatable bonds is 6. The third-order valence-electron chi connectivity index (χ3n) is 4.63. The predicted molar refractivity (Wildman–Crippen MR) is 105 cm³/mol. The highest BCUT2D eigenvalue weighted by Gasteiger charge is 2.19. The maximum atomic E-state index is 12.5. The Balaban J connectivity index is 1.54. The Morgan fingerprint density at radius 3 is 2.77 bits per heavy atom. The van der Waals surface area contributed by atoms with Crippen molar-refractivity contribution in [3.8, 4) is 0 Å². The molecule has 1 aromatic heterocycles. The van der Waals surface area contributed by atoms with Gasteiger partial charge in [0.2, 0.25) is 5.91 Å². The second-order valence-corrected chi connectivity index (χ2v) is 7.59. The Morgan fingerprint density at radius 2 is 1.96 bits per heavy atom. The first kappa shape index (κ1) is 17.2. The molecule has 26 heavy (non-hydrogen) atoms. The zero-order chi connectivity index (χ0) is 17.8. The molecule has 0 spiro atoms. The quantitative estimate of drug-likeness (QED) is 0.689. The number of aromatic nitrogens is 1. The van der Waals surface area contributed by atoms with Crippen molar-refractivity contribution in [3.05, 3.63) is 60.2 Å². The Kier molecular flexibility index (Phi) is 5.27. The lowest BCUT2D eigenvalue weighted by atomic mass is 10.1. The monoisotopic (exact) mass is 366 g/mol. The fourth-order valence-electron chi connectivity index (χ4n) is 3.30. The van der Waals surface area contributed by atoms with Crippen molar-refractivity contribution in [3.63, 3.8) is 0 Å². The number of hydrogen-bond donors (Lipinski definition) is 2. The molecule has 1 aliphatic heterocycles. The van der Waals surface area contributed by atoms with Gasteiger partial charge >= 0.3 is 0 Å². The summed E-state index contributed by atoms with van der Waals surface area (Å²) < 4.78 is 5.59. The normalized spacial score (nSPS) is 16.8. The van der Waals surface area contributed by atoms with Gasteiger partial charge in [-0.05, 0) is 31.0 Å². The van der Waals surface area contributed by atoms with Crippen LogP contribution in [0.3, 0.4) is 0 Å². The number of carbonyl (C=O) groups excluding carboxylic acids is 1. The van der Waals surface area contributed by atoms with Crippen LogP contribution < -0.4 is 5.32 Å². The van der Waals surface area contributed by atoms with Crippen molar-refractivity contribution in [2.45, 2.75) is 35.3 Å². The molecule has 0 saturated carbocycles. The minimum absolute atomic E-state index is 0.0418. The van der Waals surface area contributed by atoms with Crippen LogP contribution in [0.2, 0.25) is 0 Å². The summed E-state index contributed by atoms with van der Waals surface area (Å²) >= 11 is 1.67. The van der Waals surface area contributed by atoms with Crippen LogP contribution in [0.4, 0.5) is 0 Å². The molecular weight excluding hydrogens is 344 g/mol. The van der Waals surface area contributed by atoms with E-state index in [1.165, 1.54) is 0 Å². The topological polar surface area (TPSA) is 54.1 Å². The summed E-state index contributed by atoms with van der Waals surface area (Å²) in [5.41, 5.74) is 2.12. The van der Waals surface area contributed by atoms with Gasteiger partial charge in [-0.2, -0.15) is 0 Å². The lowest BCUT2D eigenvalue weighted by Gasteiger charge is -2.11. The number of fused-ring (bicyclic) bond motifs is 1. The van der Waals surface area contributed by atoms with Gasteiger partial charge in [0.25, 0.3) is 0 Å². The molecule has 0 aliphatic carbocycles. The van der Waals surface area contributed by atoms with Crippen molar-refractivity contribution >= 4 is 28.6 Å². The van der Waals surface area contributed by atoms with E-state index in [1.807, 2.05) is 30.3 Å². The van der Waals surface area contributed by atoms with Gasteiger partial charge in [-0.1, -0.05) is 48.2 Å². The zero-order valence-electron chi connectivity index (χ0n) is 14.5. The summed E-state index contributed by atoms with van der Waals surface area (Å²) in [5.74, 6) is 0.0418. The number of hydrogen-bond acceptors (Lipinski definition) is 3. The van der Waals surface area contributed by atoms with Gasteiger partial charge in [0, 0.05) is 34.5 Å². The molecule has 1 unspecified atom stereocenters. The van der Waals surface area contributed by atoms with Gasteiger partial charge in [0.15, 0.2) is 0 Å². The van der Waals surface area contributed by atoms with Crippen LogP contribution in [0.15, 0.2) is 64.5 Å². The van der Waals surface area contributed by atoms with Crippen molar-refractivity contribution in [1.29, 1.82) is 0 Å². The lowest BCUT2D eigenvalue weighted by Crippen LogP contribution is -2.32. The van der Waals surface area contributed by atoms with Crippen LogP contribution in [0.1, 0.15) is 18.4 Å². The van der Waals surface area contributed by atoms with Crippen LogP contribution in [-0.2, 0) is 16.0 Å². The first-order valence-corrected chi connectivity index (χ1v) is 9.82. The van der Waals surface area contributed by atoms with E-state index in [4.69, 9.17) is 4.74 Å². The van der Waals surface area contributed by atoms with Gasteiger partial charge in [0.05, 0.1) is 17.6 Å². The smallest absolute Gasteiger partial charge is 0.224 e. The lowest BCUT2D eigenvalue weighted by molar-refractivity contribution is -0.120. The van der Waals surface area contributed by atoms with Crippen LogP contribution >= 0.6 is 11.8 Å². The van der Waals surface area contributed by atoms with Crippen molar-refractivity contribution < 1.29 is 9.53 Å². The minimum atomic E-state index is 0.0418. The van der Waals surface area contributed by atoms with E-state index in [9.17, 15) is 4.79 Å². The van der Waals surface area contributed by atoms with Crippen LogP contribution in [0.5, 0.6) is 0 Å². The Bertz CT molecular complexity index is 885. The molecule has 1 saturated heterocycles. The first-order valence-electron chi connectivity index (χ1n) is 9.00. The molecule has 1 fully saturated rings. The Morgan fingerprint density at radius 1 is 1.15 bits per heavy atom. The molecule has 4 nitrogen and oxygen atoms in total. The number of ether oxygens (including phenoxy) is 1. The molecule has 2 aromatic carbocycles. The first-order chi connectivity index (χ1) is 12.8. The summed E-state index contributed by atoms with van der Waals surface area (Å²) in [5, 5.41) is 5.17. The second-order valence-electron chi connectivity index (χ2n) is 6.51. The largest absolute Gasteiger partial charge is 0.376 e. The fourth-order valence-corrected chi connectivity index (χ4v) is 4.30. The van der Waals surface area contributed by atoms with Crippen LogP contribution in [0.25, 0.3) is 10.9 Å². The van der Waals surface area contributed by atoms with E-state index >= 15 is 0 Å². The summed E-state index contributed by atoms with van der Waals surface area (Å²) in [6.45, 7) is 1.41. The molecule has 0 bridgehead atoms.